The van der Waals surface area contributed by atoms with E-state index in [1.54, 1.807) is 7.11 Å². The molecule has 0 amide bonds. The monoisotopic (exact) mass is 193 g/mol. The zero-order valence-corrected chi connectivity index (χ0v) is 9.03. The van der Waals surface area contributed by atoms with Crippen molar-refractivity contribution in [2.75, 3.05) is 20.3 Å². The van der Waals surface area contributed by atoms with Crippen LogP contribution in [0.4, 0.5) is 0 Å². The van der Waals surface area contributed by atoms with Crippen LogP contribution in [-0.2, 0) is 4.74 Å². The molecule has 0 rings (SSSR count). The van der Waals surface area contributed by atoms with Gasteiger partial charge in [0.15, 0.2) is 0 Å². The van der Waals surface area contributed by atoms with Gasteiger partial charge in [-0.3, -0.25) is 0 Å². The lowest BCUT2D eigenvalue weighted by atomic mass is 10.2. The Morgan fingerprint density at radius 1 is 1.50 bits per heavy atom. The predicted octanol–water partition coefficient (Wildman–Crippen LogP) is 2.02. The number of halogens is 1. The van der Waals surface area contributed by atoms with E-state index in [-0.39, 0.29) is 5.38 Å². The van der Waals surface area contributed by atoms with E-state index in [1.165, 1.54) is 12.8 Å². The number of rotatable bonds is 7. The lowest BCUT2D eigenvalue weighted by molar-refractivity contribution is 0.196. The summed E-state index contributed by atoms with van der Waals surface area (Å²) < 4.78 is 4.92. The van der Waals surface area contributed by atoms with Gasteiger partial charge in [-0.15, -0.1) is 11.6 Å². The van der Waals surface area contributed by atoms with Gasteiger partial charge in [-0.05, 0) is 13.3 Å². The van der Waals surface area contributed by atoms with Gasteiger partial charge >= 0.3 is 0 Å². The first-order valence-electron chi connectivity index (χ1n) is 4.57. The van der Waals surface area contributed by atoms with E-state index in [0.29, 0.717) is 12.6 Å². The number of nitrogens with one attached hydrogen (secondary N) is 1. The maximum absolute atomic E-state index is 5.94. The minimum absolute atomic E-state index is 0.0920. The highest BCUT2D eigenvalue weighted by Gasteiger charge is 2.05. The van der Waals surface area contributed by atoms with Gasteiger partial charge in [0.05, 0.1) is 12.0 Å². The van der Waals surface area contributed by atoms with Gasteiger partial charge in [0.1, 0.15) is 0 Å². The smallest absolute Gasteiger partial charge is 0.0694 e. The molecule has 2 nitrogen and oxygen atoms in total. The van der Waals surface area contributed by atoms with Crippen LogP contribution in [-0.4, -0.2) is 31.7 Å². The van der Waals surface area contributed by atoms with Crippen molar-refractivity contribution in [1.82, 2.24) is 5.32 Å². The second-order valence-corrected chi connectivity index (χ2v) is 3.77. The Morgan fingerprint density at radius 3 is 2.67 bits per heavy atom. The summed E-state index contributed by atoms with van der Waals surface area (Å²) in [6.07, 6.45) is 2.42. The third-order valence-electron chi connectivity index (χ3n) is 1.76. The SMILES string of the molecule is CCCC(C)NCC(Cl)COC. The molecule has 0 aliphatic heterocycles. The zero-order chi connectivity index (χ0) is 9.40. The first-order valence-corrected chi connectivity index (χ1v) is 5.00. The van der Waals surface area contributed by atoms with Gasteiger partial charge in [0.25, 0.3) is 0 Å². The summed E-state index contributed by atoms with van der Waals surface area (Å²) in [7, 11) is 1.67. The van der Waals surface area contributed by atoms with Gasteiger partial charge in [0, 0.05) is 19.7 Å². The van der Waals surface area contributed by atoms with Crippen LogP contribution >= 0.6 is 11.6 Å². The molecule has 0 aromatic carbocycles. The molecular weight excluding hydrogens is 174 g/mol. The number of alkyl halides is 1. The predicted molar refractivity (Wildman–Crippen MR) is 53.9 cm³/mol. The van der Waals surface area contributed by atoms with Crippen molar-refractivity contribution in [2.45, 2.75) is 38.1 Å². The molecule has 0 aliphatic carbocycles. The van der Waals surface area contributed by atoms with Crippen LogP contribution in [0.2, 0.25) is 0 Å². The Bertz CT molecular complexity index is 88.5. The molecule has 0 radical (unpaired) electrons. The maximum atomic E-state index is 5.94. The quantitative estimate of drug-likeness (QED) is 0.625. The Kier molecular flexibility index (Phi) is 7.98. The molecule has 0 aliphatic rings. The maximum Gasteiger partial charge on any atom is 0.0694 e. The second kappa shape index (κ2) is 7.84. The fraction of sp³-hybridized carbons (Fsp3) is 1.00. The largest absolute Gasteiger partial charge is 0.383 e. The lowest BCUT2D eigenvalue weighted by Crippen LogP contribution is -2.33. The zero-order valence-electron chi connectivity index (χ0n) is 8.27. The highest BCUT2D eigenvalue weighted by Crippen LogP contribution is 1.98. The number of methoxy groups -OCH3 is 1. The number of hydrogen-bond acceptors (Lipinski definition) is 2. The Morgan fingerprint density at radius 2 is 2.17 bits per heavy atom. The molecular formula is C9H20ClNO. The molecule has 0 spiro atoms. The van der Waals surface area contributed by atoms with Gasteiger partial charge in [-0.2, -0.15) is 0 Å². The fourth-order valence-electron chi connectivity index (χ4n) is 1.10. The number of hydrogen-bond donors (Lipinski definition) is 1. The molecule has 0 aromatic rings. The molecule has 0 fully saturated rings. The van der Waals surface area contributed by atoms with E-state index in [1.807, 2.05) is 0 Å². The summed E-state index contributed by atoms with van der Waals surface area (Å²) in [6, 6.07) is 0.563. The van der Waals surface area contributed by atoms with Crippen LogP contribution in [0.15, 0.2) is 0 Å². The van der Waals surface area contributed by atoms with E-state index in [2.05, 4.69) is 19.2 Å². The molecule has 0 saturated carbocycles. The molecule has 2 atom stereocenters. The summed E-state index contributed by atoms with van der Waals surface area (Å²) >= 11 is 5.94. The summed E-state index contributed by atoms with van der Waals surface area (Å²) in [6.45, 7) is 5.81. The van der Waals surface area contributed by atoms with Gasteiger partial charge in [0.2, 0.25) is 0 Å². The van der Waals surface area contributed by atoms with Crippen LogP contribution in [0.1, 0.15) is 26.7 Å². The molecule has 2 unspecified atom stereocenters. The highest BCUT2D eigenvalue weighted by molar-refractivity contribution is 6.20. The molecule has 0 bridgehead atoms. The molecule has 0 saturated heterocycles. The van der Waals surface area contributed by atoms with Crippen LogP contribution in [0.25, 0.3) is 0 Å². The normalized spacial score (nSPS) is 16.0. The van der Waals surface area contributed by atoms with Gasteiger partial charge < -0.3 is 10.1 Å². The molecule has 3 heteroatoms. The highest BCUT2D eigenvalue weighted by atomic mass is 35.5. The van der Waals surface area contributed by atoms with E-state index in [0.717, 1.165) is 6.54 Å². The topological polar surface area (TPSA) is 21.3 Å². The third kappa shape index (κ3) is 6.89. The Balaban J connectivity index is 3.27. The van der Waals surface area contributed by atoms with E-state index in [9.17, 15) is 0 Å². The molecule has 0 heterocycles. The van der Waals surface area contributed by atoms with Crippen molar-refractivity contribution >= 4 is 11.6 Å². The van der Waals surface area contributed by atoms with Crippen LogP contribution < -0.4 is 5.32 Å². The molecule has 0 aromatic heterocycles. The van der Waals surface area contributed by atoms with Crippen LogP contribution in [0.3, 0.4) is 0 Å². The standard InChI is InChI=1S/C9H20ClNO/c1-4-5-8(2)11-6-9(10)7-12-3/h8-9,11H,4-7H2,1-3H3. The van der Waals surface area contributed by atoms with E-state index in [4.69, 9.17) is 16.3 Å². The molecule has 74 valence electrons. The van der Waals surface area contributed by atoms with E-state index >= 15 is 0 Å². The number of ether oxygens (including phenoxy) is 1. The van der Waals surface area contributed by atoms with E-state index < -0.39 is 0 Å². The Hall–Kier alpha value is 0.210. The summed E-state index contributed by atoms with van der Waals surface area (Å²) in [5.41, 5.74) is 0. The average molecular weight is 194 g/mol. The molecule has 12 heavy (non-hydrogen) atoms. The van der Waals surface area contributed by atoms with Gasteiger partial charge in [-0.1, -0.05) is 13.3 Å². The summed E-state index contributed by atoms with van der Waals surface area (Å²) in [4.78, 5) is 0. The van der Waals surface area contributed by atoms with Crippen molar-refractivity contribution < 1.29 is 4.74 Å². The van der Waals surface area contributed by atoms with Crippen molar-refractivity contribution in [3.05, 3.63) is 0 Å². The lowest BCUT2D eigenvalue weighted by Gasteiger charge is -2.15. The Labute approximate surface area is 80.6 Å². The first-order chi connectivity index (χ1) is 5.70. The van der Waals surface area contributed by atoms with Crippen molar-refractivity contribution in [2.24, 2.45) is 0 Å². The fourth-order valence-corrected chi connectivity index (χ4v) is 1.32. The van der Waals surface area contributed by atoms with Gasteiger partial charge in [-0.25, -0.2) is 0 Å². The molecule has 1 N–H and O–H groups in total. The van der Waals surface area contributed by atoms with Crippen molar-refractivity contribution in [3.63, 3.8) is 0 Å². The van der Waals surface area contributed by atoms with Crippen molar-refractivity contribution in [1.29, 1.82) is 0 Å². The minimum atomic E-state index is 0.0920. The van der Waals surface area contributed by atoms with Crippen molar-refractivity contribution in [3.8, 4) is 0 Å². The third-order valence-corrected chi connectivity index (χ3v) is 2.04. The first kappa shape index (κ1) is 12.2. The minimum Gasteiger partial charge on any atom is -0.383 e. The van der Waals surface area contributed by atoms with Crippen LogP contribution in [0, 0.1) is 0 Å². The average Bonchev–Trinajstić information content (AvgIpc) is 2.02. The summed E-state index contributed by atoms with van der Waals surface area (Å²) in [5, 5.41) is 3.45. The summed E-state index contributed by atoms with van der Waals surface area (Å²) in [5.74, 6) is 0. The van der Waals surface area contributed by atoms with Crippen LogP contribution in [0.5, 0.6) is 0 Å². The second-order valence-electron chi connectivity index (χ2n) is 3.15.